The Morgan fingerprint density at radius 3 is 2.54 bits per heavy atom. The van der Waals surface area contributed by atoms with E-state index in [2.05, 4.69) is 55.3 Å². The standard InChI is InChI=1S/C21H32N2O.H2/c1-16(24)22-19-9-10-21(18-8-6-5-7-17(18)19)11-13-23(14-12-21)15-20(2,3)4;/h5-8,19H,9-15H2,1-4H3,(H,22,24);1H/t19-;/m0./s1. The first-order chi connectivity index (χ1) is 11.3. The van der Waals surface area contributed by atoms with Crippen molar-refractivity contribution < 1.29 is 6.22 Å². The van der Waals surface area contributed by atoms with E-state index in [1.165, 1.54) is 50.0 Å². The zero-order valence-corrected chi connectivity index (χ0v) is 15.7. The average molecular weight is 331 g/mol. The normalized spacial score (nSPS) is 23.8. The van der Waals surface area contributed by atoms with Gasteiger partial charge in [-0.25, -0.2) is 0 Å². The summed E-state index contributed by atoms with van der Waals surface area (Å²) in [7, 11) is 0. The lowest BCUT2D eigenvalue weighted by Crippen LogP contribution is -2.47. The van der Waals surface area contributed by atoms with Crippen LogP contribution in [0.5, 0.6) is 0 Å². The van der Waals surface area contributed by atoms with Crippen molar-refractivity contribution in [2.75, 3.05) is 19.6 Å². The molecule has 2 aliphatic rings. The van der Waals surface area contributed by atoms with Crippen molar-refractivity contribution in [3.63, 3.8) is 0 Å². The van der Waals surface area contributed by atoms with E-state index in [0.717, 1.165) is 6.42 Å². The van der Waals surface area contributed by atoms with Crippen LogP contribution in [-0.2, 0) is 10.2 Å². The fraction of sp³-hybridized carbons (Fsp3) is 0.667. The molecule has 0 bridgehead atoms. The highest BCUT2D eigenvalue weighted by atomic mass is 16.1. The Morgan fingerprint density at radius 2 is 1.92 bits per heavy atom. The lowest BCUT2D eigenvalue weighted by molar-refractivity contribution is -0.119. The van der Waals surface area contributed by atoms with Crippen LogP contribution in [0, 0.1) is 5.41 Å². The number of hydrogen-bond acceptors (Lipinski definition) is 2. The van der Waals surface area contributed by atoms with Gasteiger partial charge in [0, 0.05) is 14.9 Å². The third-order valence-electron chi connectivity index (χ3n) is 5.71. The van der Waals surface area contributed by atoms with Crippen molar-refractivity contribution in [2.24, 2.45) is 5.41 Å². The van der Waals surface area contributed by atoms with E-state index >= 15 is 0 Å². The second kappa shape index (κ2) is 6.51. The van der Waals surface area contributed by atoms with Crippen molar-refractivity contribution >= 4 is 5.91 Å². The third-order valence-corrected chi connectivity index (χ3v) is 5.71. The molecule has 1 heterocycles. The molecule has 0 radical (unpaired) electrons. The summed E-state index contributed by atoms with van der Waals surface area (Å²) in [4.78, 5) is 14.2. The van der Waals surface area contributed by atoms with Crippen molar-refractivity contribution in [2.45, 2.75) is 64.8 Å². The van der Waals surface area contributed by atoms with Gasteiger partial charge < -0.3 is 10.2 Å². The average Bonchev–Trinajstić information content (AvgIpc) is 2.51. The number of benzene rings is 1. The lowest BCUT2D eigenvalue weighted by atomic mass is 9.63. The predicted molar refractivity (Wildman–Crippen MR) is 101 cm³/mol. The van der Waals surface area contributed by atoms with Crippen molar-refractivity contribution in [3.8, 4) is 0 Å². The van der Waals surface area contributed by atoms with Crippen LogP contribution in [0.25, 0.3) is 0 Å². The van der Waals surface area contributed by atoms with Crippen LogP contribution in [-0.4, -0.2) is 30.4 Å². The van der Waals surface area contributed by atoms with E-state index in [-0.39, 0.29) is 13.4 Å². The zero-order valence-electron chi connectivity index (χ0n) is 15.7. The molecule has 1 saturated heterocycles. The summed E-state index contributed by atoms with van der Waals surface area (Å²) in [6.45, 7) is 12.2. The number of amides is 1. The van der Waals surface area contributed by atoms with Gasteiger partial charge in [-0.3, -0.25) is 4.79 Å². The Hall–Kier alpha value is -1.35. The van der Waals surface area contributed by atoms with Gasteiger partial charge in [-0.05, 0) is 60.7 Å². The molecule has 24 heavy (non-hydrogen) atoms. The molecule has 134 valence electrons. The molecule has 1 amide bonds. The van der Waals surface area contributed by atoms with Crippen LogP contribution in [0.3, 0.4) is 0 Å². The SMILES string of the molecule is CC(=O)N[C@H]1CCC2(CCN(CC(C)(C)C)CC2)c2ccccc21.[HH]. The first-order valence-corrected chi connectivity index (χ1v) is 9.38. The van der Waals surface area contributed by atoms with Gasteiger partial charge in [-0.1, -0.05) is 45.0 Å². The van der Waals surface area contributed by atoms with Gasteiger partial charge in [0.25, 0.3) is 0 Å². The quantitative estimate of drug-likeness (QED) is 0.877. The molecule has 1 aromatic rings. The molecule has 1 spiro atoms. The fourth-order valence-corrected chi connectivity index (χ4v) is 4.72. The van der Waals surface area contributed by atoms with Crippen molar-refractivity contribution in [1.82, 2.24) is 10.2 Å². The molecule has 3 heteroatoms. The first kappa shape index (κ1) is 17.5. The summed E-state index contributed by atoms with van der Waals surface area (Å²) in [5.74, 6) is 0.0748. The third kappa shape index (κ3) is 3.66. The Balaban J connectivity index is 0.00000225. The van der Waals surface area contributed by atoms with Crippen LogP contribution < -0.4 is 5.32 Å². The Kier molecular flexibility index (Phi) is 4.74. The summed E-state index contributed by atoms with van der Waals surface area (Å²) in [5, 5.41) is 3.15. The van der Waals surface area contributed by atoms with Gasteiger partial charge in [-0.2, -0.15) is 0 Å². The molecule has 1 aliphatic heterocycles. The molecule has 0 aromatic heterocycles. The summed E-state index contributed by atoms with van der Waals surface area (Å²) in [6, 6.07) is 9.00. The molecule has 1 aliphatic carbocycles. The van der Waals surface area contributed by atoms with E-state index in [1.54, 1.807) is 6.92 Å². The lowest BCUT2D eigenvalue weighted by Gasteiger charge is -2.48. The molecule has 1 N–H and O–H groups in total. The smallest absolute Gasteiger partial charge is 0.217 e. The second-order valence-corrected chi connectivity index (χ2v) is 9.00. The Labute approximate surface area is 148 Å². The van der Waals surface area contributed by atoms with Gasteiger partial charge in [0.2, 0.25) is 5.91 Å². The number of carbonyl (C=O) groups is 1. The van der Waals surface area contributed by atoms with Gasteiger partial charge in [-0.15, -0.1) is 0 Å². The topological polar surface area (TPSA) is 32.3 Å². The van der Waals surface area contributed by atoms with Crippen LogP contribution in [0.1, 0.15) is 72.0 Å². The highest BCUT2D eigenvalue weighted by molar-refractivity contribution is 5.73. The number of likely N-dealkylation sites (tertiary alicyclic amines) is 1. The number of carbonyl (C=O) groups excluding carboxylic acids is 1. The largest absolute Gasteiger partial charge is 0.350 e. The van der Waals surface area contributed by atoms with Crippen molar-refractivity contribution in [1.29, 1.82) is 0 Å². The maximum atomic E-state index is 11.5. The molecule has 1 atom stereocenters. The highest BCUT2D eigenvalue weighted by Crippen LogP contribution is 2.48. The summed E-state index contributed by atoms with van der Waals surface area (Å²) in [5.41, 5.74) is 3.53. The monoisotopic (exact) mass is 330 g/mol. The molecule has 3 nitrogen and oxygen atoms in total. The van der Waals surface area contributed by atoms with Crippen molar-refractivity contribution in [3.05, 3.63) is 35.4 Å². The van der Waals surface area contributed by atoms with Crippen LogP contribution in [0.15, 0.2) is 24.3 Å². The molecule has 1 aromatic carbocycles. The molecular formula is C21H34N2O. The molecule has 0 saturated carbocycles. The molecule has 0 unspecified atom stereocenters. The number of nitrogens with zero attached hydrogens (tertiary/aromatic N) is 1. The number of nitrogens with one attached hydrogen (secondary N) is 1. The van der Waals surface area contributed by atoms with E-state index in [9.17, 15) is 4.79 Å². The number of piperidine rings is 1. The summed E-state index contributed by atoms with van der Waals surface area (Å²) in [6.07, 6.45) is 4.74. The van der Waals surface area contributed by atoms with Crippen LogP contribution >= 0.6 is 0 Å². The zero-order chi connectivity index (χ0) is 17.4. The summed E-state index contributed by atoms with van der Waals surface area (Å²) >= 11 is 0. The predicted octanol–water partition coefficient (Wildman–Crippen LogP) is 4.28. The molecule has 3 rings (SSSR count). The summed E-state index contributed by atoms with van der Waals surface area (Å²) < 4.78 is 0. The Morgan fingerprint density at radius 1 is 1.25 bits per heavy atom. The Bertz CT molecular complexity index is 600. The maximum absolute atomic E-state index is 11.5. The number of fused-ring (bicyclic) bond motifs is 2. The second-order valence-electron chi connectivity index (χ2n) is 9.00. The van der Waals surface area contributed by atoms with Gasteiger partial charge in [0.15, 0.2) is 0 Å². The minimum atomic E-state index is 0. The fourth-order valence-electron chi connectivity index (χ4n) is 4.72. The highest BCUT2D eigenvalue weighted by Gasteiger charge is 2.42. The van der Waals surface area contributed by atoms with E-state index in [0.29, 0.717) is 10.8 Å². The minimum Gasteiger partial charge on any atom is -0.350 e. The van der Waals surface area contributed by atoms with Crippen LogP contribution in [0.4, 0.5) is 0 Å². The minimum absolute atomic E-state index is 0. The van der Waals surface area contributed by atoms with E-state index in [1.807, 2.05) is 0 Å². The number of hydrogen-bond donors (Lipinski definition) is 1. The van der Waals surface area contributed by atoms with E-state index < -0.39 is 0 Å². The van der Waals surface area contributed by atoms with E-state index in [4.69, 9.17) is 0 Å². The maximum Gasteiger partial charge on any atom is 0.217 e. The van der Waals surface area contributed by atoms with Gasteiger partial charge in [0.05, 0.1) is 6.04 Å². The molecular weight excluding hydrogens is 296 g/mol. The van der Waals surface area contributed by atoms with Gasteiger partial charge in [0.1, 0.15) is 0 Å². The first-order valence-electron chi connectivity index (χ1n) is 9.38. The number of rotatable bonds is 2. The van der Waals surface area contributed by atoms with Gasteiger partial charge >= 0.3 is 0 Å². The van der Waals surface area contributed by atoms with Crippen LogP contribution in [0.2, 0.25) is 0 Å². The molecule has 1 fully saturated rings.